The van der Waals surface area contributed by atoms with E-state index in [0.717, 1.165) is 4.90 Å². The molecule has 94 valence electrons. The van der Waals surface area contributed by atoms with Crippen LogP contribution in [0.15, 0.2) is 24.3 Å². The summed E-state index contributed by atoms with van der Waals surface area (Å²) in [6.45, 7) is 1.54. The van der Waals surface area contributed by atoms with E-state index in [1.54, 1.807) is 31.2 Å². The number of esters is 1. The van der Waals surface area contributed by atoms with Gasteiger partial charge >= 0.3 is 11.9 Å². The van der Waals surface area contributed by atoms with E-state index in [4.69, 9.17) is 0 Å². The number of carbonyl (C=O) groups is 3. The first kappa shape index (κ1) is 12.1. The first-order valence-electron chi connectivity index (χ1n) is 5.51. The van der Waals surface area contributed by atoms with Crippen LogP contribution in [0.1, 0.15) is 6.92 Å². The number of benzene rings is 1. The average Bonchev–Trinajstić information content (AvgIpc) is 2.37. The zero-order chi connectivity index (χ0) is 13.1. The van der Waals surface area contributed by atoms with Gasteiger partial charge in [-0.1, -0.05) is 12.1 Å². The molecule has 1 aromatic carbocycles. The molecule has 0 aliphatic carbocycles. The predicted octanol–water partition coefficient (Wildman–Crippen LogP) is 0.535. The topological polar surface area (TPSA) is 75.7 Å². The van der Waals surface area contributed by atoms with E-state index >= 15 is 0 Å². The molecule has 0 saturated carbocycles. The van der Waals surface area contributed by atoms with Crippen LogP contribution in [-0.4, -0.2) is 30.9 Å². The van der Waals surface area contributed by atoms with Crippen LogP contribution in [0.3, 0.4) is 0 Å². The van der Waals surface area contributed by atoms with Crippen LogP contribution < -0.4 is 10.2 Å². The van der Waals surface area contributed by atoms with Crippen LogP contribution in [0.4, 0.5) is 11.4 Å². The third kappa shape index (κ3) is 2.17. The Morgan fingerprint density at radius 2 is 2.11 bits per heavy atom. The van der Waals surface area contributed by atoms with Gasteiger partial charge < -0.3 is 10.1 Å². The summed E-state index contributed by atoms with van der Waals surface area (Å²) < 4.78 is 4.65. The zero-order valence-corrected chi connectivity index (χ0v) is 9.80. The Bertz CT molecular complexity index is 513. The fraction of sp³-hybridized carbons (Fsp3) is 0.250. The number of para-hydroxylation sites is 2. The quantitative estimate of drug-likeness (QED) is 0.581. The lowest BCUT2D eigenvalue weighted by molar-refractivity contribution is -0.153. The smallest absolute Gasteiger partial charge is 0.397 e. The molecule has 1 aromatic rings. The van der Waals surface area contributed by atoms with Gasteiger partial charge in [0.25, 0.3) is 0 Å². The Balaban J connectivity index is 2.31. The Morgan fingerprint density at radius 1 is 1.39 bits per heavy atom. The van der Waals surface area contributed by atoms with E-state index in [1.807, 2.05) is 0 Å². The molecule has 2 amide bonds. The number of fused-ring (bicyclic) bond motifs is 1. The summed E-state index contributed by atoms with van der Waals surface area (Å²) in [6.07, 6.45) is 0. The lowest BCUT2D eigenvalue weighted by Crippen LogP contribution is -2.45. The van der Waals surface area contributed by atoms with Crippen LogP contribution in [-0.2, 0) is 19.1 Å². The summed E-state index contributed by atoms with van der Waals surface area (Å²) in [6, 6.07) is 6.78. The van der Waals surface area contributed by atoms with Gasteiger partial charge in [0.15, 0.2) is 0 Å². The van der Waals surface area contributed by atoms with Gasteiger partial charge in [-0.15, -0.1) is 0 Å². The number of nitrogens with one attached hydrogen (secondary N) is 1. The number of carbonyl (C=O) groups excluding carboxylic acids is 3. The first-order chi connectivity index (χ1) is 8.63. The normalized spacial score (nSPS) is 13.6. The van der Waals surface area contributed by atoms with Gasteiger partial charge in [0.2, 0.25) is 5.91 Å². The maximum atomic E-state index is 11.9. The highest BCUT2D eigenvalue weighted by atomic mass is 16.5. The number of hydrogen-bond acceptors (Lipinski definition) is 4. The fourth-order valence-corrected chi connectivity index (χ4v) is 1.72. The van der Waals surface area contributed by atoms with E-state index in [2.05, 4.69) is 10.1 Å². The number of rotatable bonds is 1. The Labute approximate surface area is 104 Å². The number of amides is 2. The second-order valence-corrected chi connectivity index (χ2v) is 3.68. The zero-order valence-electron chi connectivity index (χ0n) is 9.80. The SMILES string of the molecule is CCOC(=O)C(=O)N1CC(=O)Nc2ccccc21. The molecule has 0 atom stereocenters. The highest BCUT2D eigenvalue weighted by molar-refractivity contribution is 6.39. The molecule has 6 heteroatoms. The highest BCUT2D eigenvalue weighted by Crippen LogP contribution is 2.28. The van der Waals surface area contributed by atoms with Crippen molar-refractivity contribution in [1.82, 2.24) is 0 Å². The van der Waals surface area contributed by atoms with E-state index in [9.17, 15) is 14.4 Å². The van der Waals surface area contributed by atoms with Crippen molar-refractivity contribution in [3.8, 4) is 0 Å². The average molecular weight is 248 g/mol. The van der Waals surface area contributed by atoms with Gasteiger partial charge in [-0.25, -0.2) is 4.79 Å². The summed E-state index contributed by atoms with van der Waals surface area (Å²) in [7, 11) is 0. The van der Waals surface area contributed by atoms with Gasteiger partial charge in [-0.3, -0.25) is 14.5 Å². The fourth-order valence-electron chi connectivity index (χ4n) is 1.72. The van der Waals surface area contributed by atoms with E-state index < -0.39 is 11.9 Å². The minimum atomic E-state index is -0.956. The molecular formula is C12H12N2O4. The van der Waals surface area contributed by atoms with Gasteiger partial charge in [0, 0.05) is 0 Å². The molecular weight excluding hydrogens is 236 g/mol. The van der Waals surface area contributed by atoms with Crippen LogP contribution >= 0.6 is 0 Å². The standard InChI is InChI=1S/C12H12N2O4/c1-2-18-12(17)11(16)14-7-10(15)13-8-5-3-4-6-9(8)14/h3-6H,2,7H2,1H3,(H,13,15). The minimum Gasteiger partial charge on any atom is -0.459 e. The molecule has 0 bridgehead atoms. The lowest BCUT2D eigenvalue weighted by atomic mass is 10.2. The third-order valence-electron chi connectivity index (χ3n) is 2.47. The summed E-state index contributed by atoms with van der Waals surface area (Å²) in [4.78, 5) is 35.9. The Hall–Kier alpha value is -2.37. The lowest BCUT2D eigenvalue weighted by Gasteiger charge is -2.28. The second kappa shape index (κ2) is 4.87. The molecule has 6 nitrogen and oxygen atoms in total. The van der Waals surface area contributed by atoms with Crippen LogP contribution in [0.25, 0.3) is 0 Å². The molecule has 1 aliphatic heterocycles. The Morgan fingerprint density at radius 3 is 2.83 bits per heavy atom. The first-order valence-corrected chi connectivity index (χ1v) is 5.51. The molecule has 0 saturated heterocycles. The molecule has 2 rings (SSSR count). The van der Waals surface area contributed by atoms with Crippen molar-refractivity contribution >= 4 is 29.2 Å². The van der Waals surface area contributed by atoms with E-state index in [0.29, 0.717) is 11.4 Å². The number of anilines is 2. The van der Waals surface area contributed by atoms with Crippen molar-refractivity contribution in [2.24, 2.45) is 0 Å². The summed E-state index contributed by atoms with van der Waals surface area (Å²) in [5.41, 5.74) is 1.00. The van der Waals surface area contributed by atoms with Crippen molar-refractivity contribution in [2.75, 3.05) is 23.4 Å². The minimum absolute atomic E-state index is 0.117. The molecule has 1 heterocycles. The summed E-state index contributed by atoms with van der Waals surface area (Å²) in [5, 5.41) is 2.63. The second-order valence-electron chi connectivity index (χ2n) is 3.68. The summed E-state index contributed by atoms with van der Waals surface area (Å²) >= 11 is 0. The monoisotopic (exact) mass is 248 g/mol. The Kier molecular flexibility index (Phi) is 3.27. The molecule has 0 radical (unpaired) electrons. The molecule has 0 spiro atoms. The molecule has 1 aliphatic rings. The molecule has 1 N–H and O–H groups in total. The van der Waals surface area contributed by atoms with Gasteiger partial charge in [-0.05, 0) is 19.1 Å². The summed E-state index contributed by atoms with van der Waals surface area (Å²) in [5.74, 6) is -2.13. The van der Waals surface area contributed by atoms with Crippen LogP contribution in [0, 0.1) is 0 Å². The van der Waals surface area contributed by atoms with E-state index in [1.165, 1.54) is 0 Å². The van der Waals surface area contributed by atoms with Crippen LogP contribution in [0.5, 0.6) is 0 Å². The maximum absolute atomic E-state index is 11.9. The predicted molar refractivity (Wildman–Crippen MR) is 64.1 cm³/mol. The largest absolute Gasteiger partial charge is 0.459 e. The van der Waals surface area contributed by atoms with Crippen molar-refractivity contribution < 1.29 is 19.1 Å². The van der Waals surface area contributed by atoms with E-state index in [-0.39, 0.29) is 19.1 Å². The number of nitrogens with zero attached hydrogens (tertiary/aromatic N) is 1. The molecule has 0 aromatic heterocycles. The third-order valence-corrected chi connectivity index (χ3v) is 2.47. The van der Waals surface area contributed by atoms with Crippen molar-refractivity contribution in [3.05, 3.63) is 24.3 Å². The maximum Gasteiger partial charge on any atom is 0.397 e. The molecule has 18 heavy (non-hydrogen) atoms. The van der Waals surface area contributed by atoms with Crippen molar-refractivity contribution in [3.63, 3.8) is 0 Å². The van der Waals surface area contributed by atoms with Crippen LogP contribution in [0.2, 0.25) is 0 Å². The number of hydrogen-bond donors (Lipinski definition) is 1. The molecule has 0 fully saturated rings. The highest BCUT2D eigenvalue weighted by Gasteiger charge is 2.31. The van der Waals surface area contributed by atoms with Crippen molar-refractivity contribution in [1.29, 1.82) is 0 Å². The van der Waals surface area contributed by atoms with Gasteiger partial charge in [0.1, 0.15) is 6.54 Å². The molecule has 0 unspecified atom stereocenters. The van der Waals surface area contributed by atoms with Crippen molar-refractivity contribution in [2.45, 2.75) is 6.92 Å². The number of ether oxygens (including phenoxy) is 1. The van der Waals surface area contributed by atoms with Gasteiger partial charge in [-0.2, -0.15) is 0 Å². The van der Waals surface area contributed by atoms with Gasteiger partial charge in [0.05, 0.1) is 18.0 Å².